The molecular formula is C29H27NO7. The van der Waals surface area contributed by atoms with Gasteiger partial charge >= 0.3 is 12.1 Å². The Bertz CT molecular complexity index is 1450. The molecule has 1 unspecified atom stereocenters. The second-order valence-corrected chi connectivity index (χ2v) is 8.97. The number of esters is 1. The summed E-state index contributed by atoms with van der Waals surface area (Å²) in [5.41, 5.74) is 1.11. The number of phenols is 1. The fraction of sp³-hybridized carbons (Fsp3) is 0.207. The van der Waals surface area contributed by atoms with Gasteiger partial charge in [0.15, 0.2) is 5.43 Å². The van der Waals surface area contributed by atoms with Crippen molar-refractivity contribution in [3.63, 3.8) is 0 Å². The fourth-order valence-corrected chi connectivity index (χ4v) is 3.83. The summed E-state index contributed by atoms with van der Waals surface area (Å²) in [6.45, 7) is 3.86. The van der Waals surface area contributed by atoms with E-state index in [4.69, 9.17) is 13.9 Å². The lowest BCUT2D eigenvalue weighted by molar-refractivity contribution is -0.137. The van der Waals surface area contributed by atoms with Crippen LogP contribution in [0.3, 0.4) is 0 Å². The van der Waals surface area contributed by atoms with E-state index in [2.05, 4.69) is 5.32 Å². The van der Waals surface area contributed by atoms with E-state index in [1.54, 1.807) is 12.1 Å². The Hall–Kier alpha value is -4.59. The van der Waals surface area contributed by atoms with E-state index in [1.165, 1.54) is 18.2 Å². The van der Waals surface area contributed by atoms with Crippen molar-refractivity contribution in [3.05, 3.63) is 94.6 Å². The molecule has 3 aromatic carbocycles. The summed E-state index contributed by atoms with van der Waals surface area (Å²) in [5.74, 6) is -0.795. The van der Waals surface area contributed by atoms with E-state index in [0.717, 1.165) is 5.56 Å². The first-order chi connectivity index (χ1) is 17.8. The number of carbonyl (C=O) groups excluding carboxylic acids is 2. The van der Waals surface area contributed by atoms with Crippen LogP contribution in [0, 0.1) is 5.92 Å². The Labute approximate surface area is 213 Å². The Kier molecular flexibility index (Phi) is 7.88. The Morgan fingerprint density at radius 1 is 0.973 bits per heavy atom. The fourth-order valence-electron chi connectivity index (χ4n) is 3.83. The van der Waals surface area contributed by atoms with Gasteiger partial charge in [-0.1, -0.05) is 74.5 Å². The monoisotopic (exact) mass is 501 g/mol. The number of aromatic hydroxyl groups is 1. The van der Waals surface area contributed by atoms with Gasteiger partial charge in [-0.3, -0.25) is 4.79 Å². The molecule has 4 aromatic rings. The van der Waals surface area contributed by atoms with Crippen molar-refractivity contribution >= 4 is 23.0 Å². The summed E-state index contributed by atoms with van der Waals surface area (Å²) in [6.07, 6.45) is -0.460. The van der Waals surface area contributed by atoms with Gasteiger partial charge in [-0.25, -0.2) is 9.59 Å². The Morgan fingerprint density at radius 2 is 1.65 bits per heavy atom. The van der Waals surface area contributed by atoms with Gasteiger partial charge in [0.05, 0.1) is 0 Å². The average molecular weight is 502 g/mol. The molecule has 1 atom stereocenters. The van der Waals surface area contributed by atoms with E-state index in [0.29, 0.717) is 17.7 Å². The highest BCUT2D eigenvalue weighted by Crippen LogP contribution is 2.31. The number of hydrogen-bond acceptors (Lipinski definition) is 7. The summed E-state index contributed by atoms with van der Waals surface area (Å²) < 4.78 is 16.6. The number of nitrogens with one attached hydrogen (secondary N) is 1. The molecule has 0 spiro atoms. The zero-order chi connectivity index (χ0) is 26.4. The van der Waals surface area contributed by atoms with Crippen molar-refractivity contribution in [1.82, 2.24) is 5.32 Å². The molecule has 1 aromatic heterocycles. The average Bonchev–Trinajstić information content (AvgIpc) is 2.87. The van der Waals surface area contributed by atoms with Crippen LogP contribution in [0.4, 0.5) is 4.79 Å². The highest BCUT2D eigenvalue weighted by atomic mass is 16.6. The lowest BCUT2D eigenvalue weighted by atomic mass is 10.0. The van der Waals surface area contributed by atoms with Crippen LogP contribution in [0.2, 0.25) is 0 Å². The van der Waals surface area contributed by atoms with E-state index in [1.807, 2.05) is 62.4 Å². The molecule has 0 aliphatic heterocycles. The molecule has 0 aliphatic rings. The maximum Gasteiger partial charge on any atom is 0.408 e. The van der Waals surface area contributed by atoms with Crippen LogP contribution < -0.4 is 15.5 Å². The first-order valence-electron chi connectivity index (χ1n) is 11.9. The molecule has 0 fully saturated rings. The number of ether oxygens (including phenoxy) is 2. The van der Waals surface area contributed by atoms with Crippen LogP contribution in [0.15, 0.2) is 88.1 Å². The lowest BCUT2D eigenvalue weighted by Crippen LogP contribution is -2.44. The molecule has 0 aliphatic carbocycles. The summed E-state index contributed by atoms with van der Waals surface area (Å²) in [7, 11) is 0. The number of fused-ring (bicyclic) bond motifs is 1. The minimum absolute atomic E-state index is 0.0270. The standard InChI is InChI=1S/C29H27NO7/c1-18(2)13-22(30-29(34)35-17-19-9-5-3-6-10-19)28(33)36-21-14-23(31)27-24(32)16-25(37-26(27)15-21)20-11-7-4-8-12-20/h3-12,14-16,18,22,31H,13,17H2,1-2H3,(H,30,34). The maximum atomic E-state index is 13.0. The number of benzene rings is 3. The van der Waals surface area contributed by atoms with E-state index in [9.17, 15) is 19.5 Å². The molecule has 1 heterocycles. The third kappa shape index (κ3) is 6.55. The predicted octanol–water partition coefficient (Wildman–Crippen LogP) is 5.41. The SMILES string of the molecule is CC(C)CC(NC(=O)OCc1ccccc1)C(=O)Oc1cc(O)c2c(=O)cc(-c3ccccc3)oc2c1. The zero-order valence-corrected chi connectivity index (χ0v) is 20.5. The zero-order valence-electron chi connectivity index (χ0n) is 20.5. The molecule has 37 heavy (non-hydrogen) atoms. The van der Waals surface area contributed by atoms with Crippen molar-refractivity contribution in [2.24, 2.45) is 5.92 Å². The third-order valence-electron chi connectivity index (χ3n) is 5.56. The molecule has 8 heteroatoms. The smallest absolute Gasteiger partial charge is 0.408 e. The highest BCUT2D eigenvalue weighted by molar-refractivity contribution is 5.88. The van der Waals surface area contributed by atoms with Gasteiger partial charge in [0.25, 0.3) is 0 Å². The lowest BCUT2D eigenvalue weighted by Gasteiger charge is -2.19. The van der Waals surface area contributed by atoms with Gasteiger partial charge in [-0.2, -0.15) is 0 Å². The van der Waals surface area contributed by atoms with Gasteiger partial charge in [0.1, 0.15) is 40.9 Å². The number of phenolic OH excluding ortho intramolecular Hbond substituents is 1. The Balaban J connectivity index is 1.53. The van der Waals surface area contributed by atoms with E-state index >= 15 is 0 Å². The second kappa shape index (κ2) is 11.4. The molecule has 0 saturated carbocycles. The number of amides is 1. The highest BCUT2D eigenvalue weighted by Gasteiger charge is 2.25. The summed E-state index contributed by atoms with van der Waals surface area (Å²) in [4.78, 5) is 38.0. The Morgan fingerprint density at radius 3 is 2.32 bits per heavy atom. The van der Waals surface area contributed by atoms with E-state index in [-0.39, 0.29) is 35.0 Å². The van der Waals surface area contributed by atoms with Crippen molar-refractivity contribution < 1.29 is 28.6 Å². The van der Waals surface area contributed by atoms with Gasteiger partial charge < -0.3 is 24.3 Å². The molecule has 2 N–H and O–H groups in total. The van der Waals surface area contributed by atoms with Crippen molar-refractivity contribution in [1.29, 1.82) is 0 Å². The van der Waals surface area contributed by atoms with Crippen LogP contribution in [-0.2, 0) is 16.1 Å². The number of alkyl carbamates (subject to hydrolysis) is 1. The summed E-state index contributed by atoms with van der Waals surface area (Å²) in [6, 6.07) is 21.0. The molecule has 1 amide bonds. The maximum absolute atomic E-state index is 13.0. The van der Waals surface area contributed by atoms with Crippen LogP contribution >= 0.6 is 0 Å². The molecule has 0 radical (unpaired) electrons. The van der Waals surface area contributed by atoms with Crippen LogP contribution in [0.5, 0.6) is 11.5 Å². The quantitative estimate of drug-likeness (QED) is 0.245. The van der Waals surface area contributed by atoms with Crippen molar-refractivity contribution in [3.8, 4) is 22.8 Å². The summed E-state index contributed by atoms with van der Waals surface area (Å²) in [5, 5.41) is 13.0. The number of hydrogen-bond donors (Lipinski definition) is 2. The number of rotatable bonds is 8. The van der Waals surface area contributed by atoms with Crippen LogP contribution in [0.1, 0.15) is 25.8 Å². The van der Waals surface area contributed by atoms with Gasteiger partial charge in [-0.05, 0) is 17.9 Å². The minimum atomic E-state index is -0.997. The molecule has 0 saturated heterocycles. The van der Waals surface area contributed by atoms with Crippen molar-refractivity contribution in [2.75, 3.05) is 0 Å². The van der Waals surface area contributed by atoms with Crippen LogP contribution in [-0.4, -0.2) is 23.2 Å². The van der Waals surface area contributed by atoms with Gasteiger partial charge in [0, 0.05) is 23.8 Å². The summed E-state index contributed by atoms with van der Waals surface area (Å²) >= 11 is 0. The van der Waals surface area contributed by atoms with Crippen LogP contribution in [0.25, 0.3) is 22.3 Å². The van der Waals surface area contributed by atoms with Gasteiger partial charge in [-0.15, -0.1) is 0 Å². The third-order valence-corrected chi connectivity index (χ3v) is 5.56. The van der Waals surface area contributed by atoms with E-state index < -0.39 is 23.5 Å². The molecular weight excluding hydrogens is 474 g/mol. The van der Waals surface area contributed by atoms with Crippen molar-refractivity contribution in [2.45, 2.75) is 32.9 Å². The normalized spacial score (nSPS) is 11.8. The molecule has 190 valence electrons. The largest absolute Gasteiger partial charge is 0.507 e. The predicted molar refractivity (Wildman–Crippen MR) is 138 cm³/mol. The first kappa shape index (κ1) is 25.5. The first-order valence-corrected chi connectivity index (χ1v) is 11.9. The number of carbonyl (C=O) groups is 2. The molecule has 0 bridgehead atoms. The molecule has 4 rings (SSSR count). The van der Waals surface area contributed by atoms with Gasteiger partial charge in [0.2, 0.25) is 0 Å². The second-order valence-electron chi connectivity index (χ2n) is 8.97. The minimum Gasteiger partial charge on any atom is -0.507 e. The molecule has 8 nitrogen and oxygen atoms in total. The topological polar surface area (TPSA) is 115 Å².